The summed E-state index contributed by atoms with van der Waals surface area (Å²) in [5, 5.41) is 1.17. The third-order valence-corrected chi connectivity index (χ3v) is 3.80. The summed E-state index contributed by atoms with van der Waals surface area (Å²) >= 11 is 12.1. The van der Waals surface area contributed by atoms with E-state index in [4.69, 9.17) is 28.9 Å². The molecular weight excluding hydrogens is 305 g/mol. The van der Waals surface area contributed by atoms with Gasteiger partial charge in [-0.3, -0.25) is 0 Å². The summed E-state index contributed by atoms with van der Waals surface area (Å²) in [4.78, 5) is 9.37. The zero-order valence-electron chi connectivity index (χ0n) is 12.3. The fourth-order valence-corrected chi connectivity index (χ4v) is 2.94. The molecular formula is C16H19Cl2N3. The zero-order chi connectivity index (χ0) is 15.4. The Bertz CT molecular complexity index is 596. The maximum atomic E-state index is 6.07. The molecule has 3 nitrogen and oxygen atoms in total. The Hall–Kier alpha value is -1.16. The third-order valence-electron chi connectivity index (χ3n) is 3.36. The summed E-state index contributed by atoms with van der Waals surface area (Å²) in [6.45, 7) is 4.79. The molecule has 0 saturated carbocycles. The van der Waals surface area contributed by atoms with Crippen molar-refractivity contribution in [3.05, 3.63) is 45.2 Å². The Morgan fingerprint density at radius 1 is 0.952 bits per heavy atom. The highest BCUT2D eigenvalue weighted by atomic mass is 35.5. The van der Waals surface area contributed by atoms with Crippen molar-refractivity contribution >= 4 is 23.2 Å². The van der Waals surface area contributed by atoms with Gasteiger partial charge in [0, 0.05) is 27.0 Å². The zero-order valence-corrected chi connectivity index (χ0v) is 13.8. The van der Waals surface area contributed by atoms with E-state index in [1.54, 1.807) is 6.07 Å². The van der Waals surface area contributed by atoms with Crippen LogP contribution in [0, 0.1) is 0 Å². The molecule has 0 spiro atoms. The van der Waals surface area contributed by atoms with Crippen LogP contribution in [0.3, 0.4) is 0 Å². The molecule has 0 saturated heterocycles. The molecule has 0 bridgehead atoms. The lowest BCUT2D eigenvalue weighted by Gasteiger charge is -2.13. The summed E-state index contributed by atoms with van der Waals surface area (Å²) in [6, 6.07) is 5.38. The first-order chi connectivity index (χ1) is 10.1. The van der Waals surface area contributed by atoms with E-state index in [2.05, 4.69) is 23.8 Å². The molecule has 0 radical (unpaired) electrons. The Balaban J connectivity index is 2.59. The number of aromatic nitrogens is 2. The molecule has 21 heavy (non-hydrogen) atoms. The van der Waals surface area contributed by atoms with Gasteiger partial charge in [0.25, 0.3) is 0 Å². The molecule has 1 aromatic carbocycles. The van der Waals surface area contributed by atoms with Gasteiger partial charge in [0.15, 0.2) is 5.82 Å². The van der Waals surface area contributed by atoms with Crippen LogP contribution >= 0.6 is 23.2 Å². The van der Waals surface area contributed by atoms with Crippen molar-refractivity contribution < 1.29 is 0 Å². The van der Waals surface area contributed by atoms with E-state index >= 15 is 0 Å². The van der Waals surface area contributed by atoms with Crippen LogP contribution in [0.5, 0.6) is 0 Å². The Labute approximate surface area is 135 Å². The smallest absolute Gasteiger partial charge is 0.159 e. The first kappa shape index (κ1) is 16.2. The molecule has 0 aliphatic heterocycles. The van der Waals surface area contributed by atoms with Gasteiger partial charge in [-0.25, -0.2) is 9.97 Å². The second-order valence-corrected chi connectivity index (χ2v) is 5.70. The van der Waals surface area contributed by atoms with Crippen LogP contribution in [0.1, 0.15) is 30.8 Å². The van der Waals surface area contributed by atoms with E-state index in [0.717, 1.165) is 36.2 Å². The second kappa shape index (κ2) is 7.21. The molecule has 0 aliphatic rings. The van der Waals surface area contributed by atoms with Crippen LogP contribution in [0.4, 0.5) is 0 Å². The van der Waals surface area contributed by atoms with Crippen LogP contribution in [-0.2, 0) is 19.3 Å². The lowest BCUT2D eigenvalue weighted by molar-refractivity contribution is 0.844. The van der Waals surface area contributed by atoms with E-state index < -0.39 is 0 Å². The Morgan fingerprint density at radius 2 is 1.48 bits per heavy atom. The van der Waals surface area contributed by atoms with Crippen molar-refractivity contribution in [3.63, 3.8) is 0 Å². The standard InChI is InChI=1S/C16H19Cl2N3/c1-3-14-13(5-6-19)15(4-2)21-16(20-14)10-7-11(17)9-12(18)8-10/h7-9H,3-6,19H2,1-2H3. The van der Waals surface area contributed by atoms with Crippen LogP contribution in [0.2, 0.25) is 10.0 Å². The molecule has 0 aliphatic carbocycles. The number of nitrogens with zero attached hydrogens (tertiary/aromatic N) is 2. The highest BCUT2D eigenvalue weighted by Crippen LogP contribution is 2.27. The predicted octanol–water partition coefficient (Wildman–Crippen LogP) is 4.08. The highest BCUT2D eigenvalue weighted by Gasteiger charge is 2.13. The van der Waals surface area contributed by atoms with Gasteiger partial charge in [-0.2, -0.15) is 0 Å². The first-order valence-corrected chi connectivity index (χ1v) is 7.89. The number of hydrogen-bond donors (Lipinski definition) is 1. The minimum Gasteiger partial charge on any atom is -0.330 e. The highest BCUT2D eigenvalue weighted by molar-refractivity contribution is 6.35. The van der Waals surface area contributed by atoms with E-state index in [1.165, 1.54) is 5.56 Å². The van der Waals surface area contributed by atoms with Gasteiger partial charge in [0.2, 0.25) is 0 Å². The minimum absolute atomic E-state index is 0.586. The molecule has 0 amide bonds. The summed E-state index contributed by atoms with van der Waals surface area (Å²) in [5.74, 6) is 0.675. The van der Waals surface area contributed by atoms with Gasteiger partial charge in [-0.15, -0.1) is 0 Å². The van der Waals surface area contributed by atoms with Crippen LogP contribution in [0.25, 0.3) is 11.4 Å². The Kier molecular flexibility index (Phi) is 5.57. The average Bonchev–Trinajstić information content (AvgIpc) is 2.46. The number of benzene rings is 1. The van der Waals surface area contributed by atoms with Gasteiger partial charge in [0.05, 0.1) is 0 Å². The van der Waals surface area contributed by atoms with E-state index in [-0.39, 0.29) is 0 Å². The third kappa shape index (κ3) is 3.73. The minimum atomic E-state index is 0.586. The largest absolute Gasteiger partial charge is 0.330 e. The number of aryl methyl sites for hydroxylation is 2. The fraction of sp³-hybridized carbons (Fsp3) is 0.375. The summed E-state index contributed by atoms with van der Waals surface area (Å²) < 4.78 is 0. The average molecular weight is 324 g/mol. The lowest BCUT2D eigenvalue weighted by atomic mass is 10.0. The Morgan fingerprint density at radius 3 is 1.90 bits per heavy atom. The summed E-state index contributed by atoms with van der Waals surface area (Å²) in [5.41, 5.74) is 9.84. The normalized spacial score (nSPS) is 10.9. The van der Waals surface area contributed by atoms with E-state index in [0.29, 0.717) is 22.4 Å². The van der Waals surface area contributed by atoms with Gasteiger partial charge < -0.3 is 5.73 Å². The SMILES string of the molecule is CCc1nc(-c2cc(Cl)cc(Cl)c2)nc(CC)c1CCN. The summed E-state index contributed by atoms with van der Waals surface area (Å²) in [7, 11) is 0. The van der Waals surface area contributed by atoms with E-state index in [9.17, 15) is 0 Å². The predicted molar refractivity (Wildman–Crippen MR) is 89.0 cm³/mol. The van der Waals surface area contributed by atoms with Crippen LogP contribution in [-0.4, -0.2) is 16.5 Å². The lowest BCUT2D eigenvalue weighted by Crippen LogP contribution is -2.12. The first-order valence-electron chi connectivity index (χ1n) is 7.14. The second-order valence-electron chi connectivity index (χ2n) is 4.82. The van der Waals surface area contributed by atoms with Crippen molar-refractivity contribution in [1.29, 1.82) is 0 Å². The molecule has 0 atom stereocenters. The molecule has 2 N–H and O–H groups in total. The van der Waals surface area contributed by atoms with Gasteiger partial charge in [-0.05, 0) is 49.6 Å². The number of hydrogen-bond acceptors (Lipinski definition) is 3. The topological polar surface area (TPSA) is 51.8 Å². The monoisotopic (exact) mass is 323 g/mol. The van der Waals surface area contributed by atoms with Crippen molar-refractivity contribution in [1.82, 2.24) is 9.97 Å². The fourth-order valence-electron chi connectivity index (χ4n) is 2.41. The molecule has 2 aromatic rings. The van der Waals surface area contributed by atoms with Gasteiger partial charge in [0.1, 0.15) is 0 Å². The quantitative estimate of drug-likeness (QED) is 0.902. The molecule has 1 aromatic heterocycles. The molecule has 5 heteroatoms. The van der Waals surface area contributed by atoms with Crippen molar-refractivity contribution in [2.45, 2.75) is 33.1 Å². The van der Waals surface area contributed by atoms with Gasteiger partial charge >= 0.3 is 0 Å². The van der Waals surface area contributed by atoms with Gasteiger partial charge in [-0.1, -0.05) is 37.0 Å². The molecule has 112 valence electrons. The number of halogens is 2. The maximum absolute atomic E-state index is 6.07. The number of nitrogens with two attached hydrogens (primary N) is 1. The van der Waals surface area contributed by atoms with Crippen molar-refractivity contribution in [3.8, 4) is 11.4 Å². The molecule has 2 rings (SSSR count). The van der Waals surface area contributed by atoms with E-state index in [1.807, 2.05) is 12.1 Å². The summed E-state index contributed by atoms with van der Waals surface area (Å²) in [6.07, 6.45) is 2.52. The molecule has 0 fully saturated rings. The van der Waals surface area contributed by atoms with Crippen molar-refractivity contribution in [2.75, 3.05) is 6.54 Å². The van der Waals surface area contributed by atoms with Crippen LogP contribution in [0.15, 0.2) is 18.2 Å². The number of rotatable bonds is 5. The van der Waals surface area contributed by atoms with Crippen LogP contribution < -0.4 is 5.73 Å². The van der Waals surface area contributed by atoms with Crippen molar-refractivity contribution in [2.24, 2.45) is 5.73 Å². The maximum Gasteiger partial charge on any atom is 0.159 e. The molecule has 0 unspecified atom stereocenters. The molecule has 1 heterocycles.